The predicted molar refractivity (Wildman–Crippen MR) is 196 cm³/mol. The molecule has 0 unspecified atom stereocenters. The third-order valence-corrected chi connectivity index (χ3v) is 10.4. The Kier molecular flexibility index (Phi) is 21.1. The molecule has 0 radical (unpaired) electrons. The Morgan fingerprint density at radius 1 is 0.660 bits per heavy atom. The van der Waals surface area contributed by atoms with Crippen LogP contribution in [-0.2, 0) is 16.0 Å². The quantitative estimate of drug-likeness (QED) is 0.101. The highest BCUT2D eigenvalue weighted by Gasteiger charge is 2.34. The van der Waals surface area contributed by atoms with Crippen LogP contribution in [0.2, 0.25) is 0 Å². The number of phenolic OH excluding ortho intramolecular Hbond substituents is 1. The van der Waals surface area contributed by atoms with E-state index < -0.39 is 11.9 Å². The summed E-state index contributed by atoms with van der Waals surface area (Å²) >= 11 is 0. The summed E-state index contributed by atoms with van der Waals surface area (Å²) < 4.78 is 6.60. The van der Waals surface area contributed by atoms with Crippen LogP contribution < -0.4 is 4.74 Å². The second-order valence-electron chi connectivity index (χ2n) is 15.6. The molecule has 1 aliphatic heterocycles. The molecule has 6 nitrogen and oxygen atoms in total. The number of carbonyl (C=O) groups is 2. The summed E-state index contributed by atoms with van der Waals surface area (Å²) in [5.74, 6) is 2.61. The third-order valence-electron chi connectivity index (χ3n) is 10.4. The summed E-state index contributed by atoms with van der Waals surface area (Å²) in [4.78, 5) is 20.4. The van der Waals surface area contributed by atoms with Gasteiger partial charge in [0.15, 0.2) is 0 Å². The van der Waals surface area contributed by atoms with Crippen molar-refractivity contribution < 1.29 is 29.6 Å². The van der Waals surface area contributed by atoms with Gasteiger partial charge >= 0.3 is 11.9 Å². The van der Waals surface area contributed by atoms with E-state index in [0.29, 0.717) is 5.75 Å². The van der Waals surface area contributed by atoms with Crippen molar-refractivity contribution in [2.75, 3.05) is 0 Å². The summed E-state index contributed by atoms with van der Waals surface area (Å²) in [7, 11) is 0. The zero-order valence-electron chi connectivity index (χ0n) is 31.6. The molecule has 1 aliphatic rings. The number of carboxylic acids is 2. The van der Waals surface area contributed by atoms with E-state index in [1.807, 2.05) is 13.8 Å². The first-order chi connectivity index (χ1) is 22.2. The molecule has 47 heavy (non-hydrogen) atoms. The van der Waals surface area contributed by atoms with Gasteiger partial charge in [-0.2, -0.15) is 0 Å². The van der Waals surface area contributed by atoms with E-state index in [0.717, 1.165) is 111 Å². The first-order valence-electron chi connectivity index (χ1n) is 19.1. The van der Waals surface area contributed by atoms with E-state index in [1.54, 1.807) is 0 Å². The number of phenols is 1. The standard InChI is InChI=1S/C29H50O2.C12H22O4/c1-20(2)12-9-13-21(3)14-10-15-22(4)16-11-18-29(8)19-17-26-25(7)27(30)23(5)24(6)28(26)31-29;13-11(14)9-7-5-3-1-2-4-6-8-10-12(15)16/h20-22,30H,9-19H2,1-8H3;1-10H2,(H,13,14)(H,15,16)/t21-,22-,29-;/m1./s1. The van der Waals surface area contributed by atoms with Crippen molar-refractivity contribution in [1.82, 2.24) is 0 Å². The van der Waals surface area contributed by atoms with Crippen LogP contribution >= 0.6 is 0 Å². The van der Waals surface area contributed by atoms with Crippen LogP contribution in [-0.4, -0.2) is 32.9 Å². The van der Waals surface area contributed by atoms with E-state index in [2.05, 4.69) is 41.5 Å². The lowest BCUT2D eigenvalue weighted by Crippen LogP contribution is -2.37. The van der Waals surface area contributed by atoms with Gasteiger partial charge in [-0.05, 0) is 101 Å². The third kappa shape index (κ3) is 18.2. The summed E-state index contributed by atoms with van der Waals surface area (Å²) in [6.07, 6.45) is 22.6. The van der Waals surface area contributed by atoms with Crippen LogP contribution in [0.25, 0.3) is 0 Å². The van der Waals surface area contributed by atoms with Gasteiger partial charge in [0, 0.05) is 18.4 Å². The molecule has 3 atom stereocenters. The molecule has 6 heteroatoms. The molecule has 0 saturated heterocycles. The Hall–Kier alpha value is -2.24. The molecule has 0 saturated carbocycles. The van der Waals surface area contributed by atoms with Crippen molar-refractivity contribution in [1.29, 1.82) is 0 Å². The molecule has 1 aromatic carbocycles. The average Bonchev–Trinajstić information content (AvgIpc) is 2.99. The maximum atomic E-state index is 10.4. The highest BCUT2D eigenvalue weighted by Crippen LogP contribution is 2.44. The minimum atomic E-state index is -0.714. The fourth-order valence-corrected chi connectivity index (χ4v) is 6.89. The number of rotatable bonds is 23. The highest BCUT2D eigenvalue weighted by molar-refractivity contribution is 5.66. The van der Waals surface area contributed by atoms with E-state index in [-0.39, 0.29) is 18.4 Å². The number of carboxylic acid groups (broad SMARTS) is 2. The van der Waals surface area contributed by atoms with Gasteiger partial charge in [-0.1, -0.05) is 111 Å². The fraction of sp³-hybridized carbons (Fsp3) is 0.805. The minimum Gasteiger partial charge on any atom is -0.507 e. The first-order valence-corrected chi connectivity index (χ1v) is 19.1. The summed E-state index contributed by atoms with van der Waals surface area (Å²) in [6, 6.07) is 0. The van der Waals surface area contributed by atoms with E-state index >= 15 is 0 Å². The summed E-state index contributed by atoms with van der Waals surface area (Å²) in [5, 5.41) is 27.2. The highest BCUT2D eigenvalue weighted by atomic mass is 16.5. The van der Waals surface area contributed by atoms with Gasteiger partial charge in [-0.3, -0.25) is 9.59 Å². The number of benzene rings is 1. The average molecular weight is 661 g/mol. The van der Waals surface area contributed by atoms with E-state index in [1.165, 1.54) is 56.9 Å². The first kappa shape index (κ1) is 42.8. The maximum Gasteiger partial charge on any atom is 0.303 e. The predicted octanol–water partition coefficient (Wildman–Crippen LogP) is 11.9. The molecule has 0 fully saturated rings. The number of hydrogen-bond donors (Lipinski definition) is 3. The molecule has 0 aliphatic carbocycles. The monoisotopic (exact) mass is 661 g/mol. The van der Waals surface area contributed by atoms with E-state index in [9.17, 15) is 14.7 Å². The Bertz CT molecular complexity index is 1030. The molecule has 1 heterocycles. The second kappa shape index (κ2) is 23.2. The minimum absolute atomic E-state index is 0.0712. The lowest BCUT2D eigenvalue weighted by Gasteiger charge is -2.38. The fourth-order valence-electron chi connectivity index (χ4n) is 6.89. The molecule has 0 amide bonds. The largest absolute Gasteiger partial charge is 0.507 e. The zero-order chi connectivity index (χ0) is 35.4. The van der Waals surface area contributed by atoms with Crippen LogP contribution in [0.5, 0.6) is 11.5 Å². The van der Waals surface area contributed by atoms with Crippen molar-refractivity contribution >= 4 is 11.9 Å². The summed E-state index contributed by atoms with van der Waals surface area (Å²) in [5.41, 5.74) is 4.23. The lowest BCUT2D eigenvalue weighted by atomic mass is 9.84. The molecule has 272 valence electrons. The topological polar surface area (TPSA) is 104 Å². The van der Waals surface area contributed by atoms with E-state index in [4.69, 9.17) is 14.9 Å². The van der Waals surface area contributed by atoms with Crippen molar-refractivity contribution in [3.8, 4) is 11.5 Å². The summed E-state index contributed by atoms with van der Waals surface area (Å²) in [6.45, 7) is 17.9. The van der Waals surface area contributed by atoms with Crippen LogP contribution in [0, 0.1) is 38.5 Å². The number of aromatic hydroxyl groups is 1. The number of aliphatic carboxylic acids is 2. The van der Waals surface area contributed by atoms with Gasteiger partial charge in [0.1, 0.15) is 17.1 Å². The molecule has 2 rings (SSSR count). The maximum absolute atomic E-state index is 10.4. The lowest BCUT2D eigenvalue weighted by molar-refractivity contribution is -0.138. The molecule has 0 bridgehead atoms. The zero-order valence-corrected chi connectivity index (χ0v) is 31.6. The number of unbranched alkanes of at least 4 members (excludes halogenated alkanes) is 7. The van der Waals surface area contributed by atoms with Crippen molar-refractivity contribution in [3.63, 3.8) is 0 Å². The van der Waals surface area contributed by atoms with Crippen LogP contribution in [0.4, 0.5) is 0 Å². The Morgan fingerprint density at radius 2 is 1.11 bits per heavy atom. The molecule has 1 aromatic rings. The number of fused-ring (bicyclic) bond motifs is 1. The van der Waals surface area contributed by atoms with Gasteiger partial charge in [0.25, 0.3) is 0 Å². The Labute approximate surface area is 288 Å². The smallest absolute Gasteiger partial charge is 0.303 e. The Balaban J connectivity index is 0.000000584. The van der Waals surface area contributed by atoms with Crippen LogP contribution in [0.15, 0.2) is 0 Å². The van der Waals surface area contributed by atoms with Gasteiger partial charge in [-0.25, -0.2) is 0 Å². The van der Waals surface area contributed by atoms with Gasteiger partial charge in [0.05, 0.1) is 0 Å². The molecular formula is C41H72O6. The van der Waals surface area contributed by atoms with Gasteiger partial charge < -0.3 is 20.1 Å². The van der Waals surface area contributed by atoms with Crippen molar-refractivity contribution in [2.45, 2.75) is 196 Å². The van der Waals surface area contributed by atoms with Gasteiger partial charge in [-0.15, -0.1) is 0 Å². The normalized spacial score (nSPS) is 17.0. The molecule has 3 N–H and O–H groups in total. The SMILES string of the molecule is Cc1c(C)c2c(c(C)c1O)CC[C@@](C)(CCC[C@H](C)CCC[C@H](C)CCCC(C)C)O2.O=C(O)CCCCCCCCCCC(=O)O. The number of ether oxygens (including phenoxy) is 1. The molecular weight excluding hydrogens is 588 g/mol. The van der Waals surface area contributed by atoms with Crippen LogP contribution in [0.3, 0.4) is 0 Å². The molecule has 0 spiro atoms. The Morgan fingerprint density at radius 3 is 1.57 bits per heavy atom. The number of hydrogen-bond acceptors (Lipinski definition) is 4. The van der Waals surface area contributed by atoms with Gasteiger partial charge in [0.2, 0.25) is 0 Å². The van der Waals surface area contributed by atoms with Crippen molar-refractivity contribution in [3.05, 3.63) is 22.3 Å². The molecule has 0 aromatic heterocycles. The van der Waals surface area contributed by atoms with Crippen molar-refractivity contribution in [2.24, 2.45) is 17.8 Å². The van der Waals surface area contributed by atoms with Crippen LogP contribution in [0.1, 0.15) is 185 Å². The second-order valence-corrected chi connectivity index (χ2v) is 15.6.